The van der Waals surface area contributed by atoms with Crippen molar-refractivity contribution in [1.82, 2.24) is 9.80 Å². The summed E-state index contributed by atoms with van der Waals surface area (Å²) in [6, 6.07) is 4.55. The summed E-state index contributed by atoms with van der Waals surface area (Å²) in [5.41, 5.74) is 0.401. The number of nitrogens with zero attached hydrogens (tertiary/aromatic N) is 2. The molecule has 2 fully saturated rings. The number of hydrogen-bond acceptors (Lipinski definition) is 4. The average molecular weight is 381 g/mol. The molecule has 0 saturated carbocycles. The third-order valence-electron chi connectivity index (χ3n) is 5.28. The number of carbonyl (C=O) groups excluding carboxylic acids is 2. The molecule has 142 valence electrons. The van der Waals surface area contributed by atoms with Crippen LogP contribution in [-0.2, 0) is 9.53 Å². The van der Waals surface area contributed by atoms with Crippen molar-refractivity contribution in [2.45, 2.75) is 37.8 Å². The lowest BCUT2D eigenvalue weighted by molar-refractivity contribution is -0.137. The molecule has 2 aliphatic heterocycles. The van der Waals surface area contributed by atoms with Gasteiger partial charge in [0.1, 0.15) is 11.8 Å². The second kappa shape index (κ2) is 8.27. The quantitative estimate of drug-likeness (QED) is 0.805. The third kappa shape index (κ3) is 3.81. The fraction of sp³-hybridized carbons (Fsp3) is 0.579. The summed E-state index contributed by atoms with van der Waals surface area (Å²) in [5.74, 6) is 0.303. The molecule has 0 spiro atoms. The molecular formula is C19H25ClN2O4. The summed E-state index contributed by atoms with van der Waals surface area (Å²) >= 11 is 6.06. The molecule has 1 atom stereocenters. The fourth-order valence-electron chi connectivity index (χ4n) is 3.79. The van der Waals surface area contributed by atoms with Gasteiger partial charge in [0.2, 0.25) is 5.91 Å². The van der Waals surface area contributed by atoms with Gasteiger partial charge in [-0.3, -0.25) is 9.59 Å². The number of ether oxygens (including phenoxy) is 2. The van der Waals surface area contributed by atoms with E-state index in [1.54, 1.807) is 30.2 Å². The van der Waals surface area contributed by atoms with Gasteiger partial charge in [0.05, 0.1) is 18.8 Å². The van der Waals surface area contributed by atoms with Gasteiger partial charge in [-0.2, -0.15) is 0 Å². The molecule has 6 nitrogen and oxygen atoms in total. The van der Waals surface area contributed by atoms with Gasteiger partial charge in [0.15, 0.2) is 0 Å². The lowest BCUT2D eigenvalue weighted by Gasteiger charge is -2.35. The molecule has 3 rings (SSSR count). The van der Waals surface area contributed by atoms with E-state index in [4.69, 9.17) is 21.1 Å². The van der Waals surface area contributed by atoms with E-state index < -0.39 is 6.04 Å². The maximum atomic E-state index is 13.1. The smallest absolute Gasteiger partial charge is 0.258 e. The Morgan fingerprint density at radius 2 is 1.85 bits per heavy atom. The number of carbonyl (C=O) groups is 2. The van der Waals surface area contributed by atoms with Crippen molar-refractivity contribution in [3.63, 3.8) is 0 Å². The average Bonchev–Trinajstić information content (AvgIpc) is 3.16. The first-order chi connectivity index (χ1) is 12.5. The van der Waals surface area contributed by atoms with Gasteiger partial charge < -0.3 is 19.3 Å². The van der Waals surface area contributed by atoms with Crippen LogP contribution < -0.4 is 4.74 Å². The van der Waals surface area contributed by atoms with E-state index in [0.717, 1.165) is 19.3 Å². The first kappa shape index (κ1) is 19.0. The second-order valence-electron chi connectivity index (χ2n) is 6.76. The van der Waals surface area contributed by atoms with Gasteiger partial charge in [-0.15, -0.1) is 0 Å². The molecule has 26 heavy (non-hydrogen) atoms. The fourth-order valence-corrected chi connectivity index (χ4v) is 3.96. The SMILES string of the molecule is COc1ccc(Cl)cc1C(=O)N1CCC[C@@H]1C(=O)N1CCC(OC)CC1. The summed E-state index contributed by atoms with van der Waals surface area (Å²) in [6.07, 6.45) is 3.41. The van der Waals surface area contributed by atoms with E-state index in [9.17, 15) is 9.59 Å². The molecule has 2 saturated heterocycles. The minimum absolute atomic E-state index is 0.0337. The number of amides is 2. The van der Waals surface area contributed by atoms with Crippen molar-refractivity contribution in [3.05, 3.63) is 28.8 Å². The van der Waals surface area contributed by atoms with Crippen molar-refractivity contribution in [2.24, 2.45) is 0 Å². The number of likely N-dealkylation sites (tertiary alicyclic amines) is 2. The highest BCUT2D eigenvalue weighted by atomic mass is 35.5. The number of benzene rings is 1. The van der Waals surface area contributed by atoms with Gasteiger partial charge in [0, 0.05) is 31.8 Å². The minimum Gasteiger partial charge on any atom is -0.496 e. The Labute approximate surface area is 159 Å². The highest BCUT2D eigenvalue weighted by Gasteiger charge is 2.38. The van der Waals surface area contributed by atoms with Crippen LogP contribution in [0.4, 0.5) is 0 Å². The molecule has 2 heterocycles. The summed E-state index contributed by atoms with van der Waals surface area (Å²) in [4.78, 5) is 29.6. The Morgan fingerprint density at radius 1 is 1.12 bits per heavy atom. The molecular weight excluding hydrogens is 356 g/mol. The van der Waals surface area contributed by atoms with Gasteiger partial charge in [0.25, 0.3) is 5.91 Å². The predicted octanol–water partition coefficient (Wildman–Crippen LogP) is 2.59. The van der Waals surface area contributed by atoms with Crippen molar-refractivity contribution < 1.29 is 19.1 Å². The number of halogens is 1. The Balaban J connectivity index is 1.75. The maximum absolute atomic E-state index is 13.1. The van der Waals surface area contributed by atoms with Gasteiger partial charge in [-0.25, -0.2) is 0 Å². The van der Waals surface area contributed by atoms with Gasteiger partial charge >= 0.3 is 0 Å². The molecule has 0 bridgehead atoms. The maximum Gasteiger partial charge on any atom is 0.258 e. The van der Waals surface area contributed by atoms with E-state index in [-0.39, 0.29) is 17.9 Å². The lowest BCUT2D eigenvalue weighted by atomic mass is 10.1. The molecule has 2 amide bonds. The van der Waals surface area contributed by atoms with Crippen LogP contribution >= 0.6 is 11.6 Å². The summed E-state index contributed by atoms with van der Waals surface area (Å²) in [7, 11) is 3.23. The third-order valence-corrected chi connectivity index (χ3v) is 5.51. The van der Waals surface area contributed by atoms with Crippen LogP contribution in [0.5, 0.6) is 5.75 Å². The number of hydrogen-bond donors (Lipinski definition) is 0. The Morgan fingerprint density at radius 3 is 2.50 bits per heavy atom. The molecule has 1 aromatic rings. The normalized spacial score (nSPS) is 21.1. The van der Waals surface area contributed by atoms with E-state index in [1.807, 2.05) is 4.90 Å². The molecule has 1 aromatic carbocycles. The number of rotatable bonds is 4. The van der Waals surface area contributed by atoms with Crippen LogP contribution in [0.1, 0.15) is 36.0 Å². The Bertz CT molecular complexity index is 674. The first-order valence-corrected chi connectivity index (χ1v) is 9.39. The van der Waals surface area contributed by atoms with Crippen molar-refractivity contribution in [1.29, 1.82) is 0 Å². The second-order valence-corrected chi connectivity index (χ2v) is 7.20. The van der Waals surface area contributed by atoms with Crippen LogP contribution in [0.25, 0.3) is 0 Å². The first-order valence-electron chi connectivity index (χ1n) is 9.01. The zero-order chi connectivity index (χ0) is 18.7. The summed E-state index contributed by atoms with van der Waals surface area (Å²) < 4.78 is 10.7. The number of methoxy groups -OCH3 is 2. The summed E-state index contributed by atoms with van der Waals surface area (Å²) in [6.45, 7) is 1.92. The lowest BCUT2D eigenvalue weighted by Crippen LogP contribution is -2.50. The zero-order valence-corrected chi connectivity index (χ0v) is 16.0. The zero-order valence-electron chi connectivity index (χ0n) is 15.2. The topological polar surface area (TPSA) is 59.1 Å². The Hall–Kier alpha value is -1.79. The van der Waals surface area contributed by atoms with E-state index in [2.05, 4.69) is 0 Å². The van der Waals surface area contributed by atoms with Crippen molar-refractivity contribution in [3.8, 4) is 5.75 Å². The van der Waals surface area contributed by atoms with Gasteiger partial charge in [-0.1, -0.05) is 11.6 Å². The van der Waals surface area contributed by atoms with Crippen LogP contribution in [0, 0.1) is 0 Å². The molecule has 0 N–H and O–H groups in total. The molecule has 2 aliphatic rings. The van der Waals surface area contributed by atoms with Crippen molar-refractivity contribution in [2.75, 3.05) is 33.9 Å². The molecule has 0 unspecified atom stereocenters. The van der Waals surface area contributed by atoms with Crippen LogP contribution in [-0.4, -0.2) is 67.6 Å². The van der Waals surface area contributed by atoms with Crippen LogP contribution in [0.15, 0.2) is 18.2 Å². The largest absolute Gasteiger partial charge is 0.496 e. The van der Waals surface area contributed by atoms with E-state index in [1.165, 1.54) is 7.11 Å². The van der Waals surface area contributed by atoms with E-state index >= 15 is 0 Å². The van der Waals surface area contributed by atoms with Crippen LogP contribution in [0.3, 0.4) is 0 Å². The van der Waals surface area contributed by atoms with Crippen LogP contribution in [0.2, 0.25) is 5.02 Å². The van der Waals surface area contributed by atoms with Gasteiger partial charge in [-0.05, 0) is 43.9 Å². The highest BCUT2D eigenvalue weighted by molar-refractivity contribution is 6.31. The molecule has 0 aromatic heterocycles. The van der Waals surface area contributed by atoms with Crippen molar-refractivity contribution >= 4 is 23.4 Å². The molecule has 0 radical (unpaired) electrons. The minimum atomic E-state index is -0.412. The van der Waals surface area contributed by atoms with E-state index in [0.29, 0.717) is 42.4 Å². The highest BCUT2D eigenvalue weighted by Crippen LogP contribution is 2.29. The molecule has 7 heteroatoms. The Kier molecular flexibility index (Phi) is 6.04. The molecule has 0 aliphatic carbocycles. The predicted molar refractivity (Wildman–Crippen MR) is 98.7 cm³/mol. The number of piperidine rings is 1. The standard InChI is InChI=1S/C19H25ClN2O4/c1-25-14-7-10-21(11-8-14)19(24)16-4-3-9-22(16)18(23)15-12-13(20)5-6-17(15)26-2/h5-6,12,14,16H,3-4,7-11H2,1-2H3/t16-/m1/s1. The monoisotopic (exact) mass is 380 g/mol. The summed E-state index contributed by atoms with van der Waals surface area (Å²) in [5, 5.41) is 0.470.